The summed E-state index contributed by atoms with van der Waals surface area (Å²) in [5.74, 6) is 0. The summed E-state index contributed by atoms with van der Waals surface area (Å²) in [6, 6.07) is 3.59. The molecular weight excluding hydrogens is 206 g/mol. The molecule has 1 aromatic carbocycles. The van der Waals surface area contributed by atoms with Crippen molar-refractivity contribution in [3.63, 3.8) is 0 Å². The van der Waals surface area contributed by atoms with Gasteiger partial charge in [-0.1, -0.05) is 6.07 Å². The average Bonchev–Trinajstić information content (AvgIpc) is 2.01. The van der Waals surface area contributed by atoms with Crippen molar-refractivity contribution in [3.05, 3.63) is 32.6 Å². The SMILES string of the molecule is Cc1ccc(N=O)c(Br)c1C. The summed E-state index contributed by atoms with van der Waals surface area (Å²) in [6.45, 7) is 3.95. The monoisotopic (exact) mass is 213 g/mol. The van der Waals surface area contributed by atoms with Gasteiger partial charge in [-0.3, -0.25) is 0 Å². The average molecular weight is 214 g/mol. The normalized spacial score (nSPS) is 9.73. The second-order valence-corrected chi connectivity index (χ2v) is 3.22. The predicted molar refractivity (Wildman–Crippen MR) is 49.1 cm³/mol. The van der Waals surface area contributed by atoms with Gasteiger partial charge in [-0.05, 0) is 52.1 Å². The first-order valence-electron chi connectivity index (χ1n) is 3.26. The third-order valence-electron chi connectivity index (χ3n) is 1.74. The first-order chi connectivity index (χ1) is 5.16. The van der Waals surface area contributed by atoms with Crippen LogP contribution in [0.5, 0.6) is 0 Å². The zero-order valence-corrected chi connectivity index (χ0v) is 7.97. The first-order valence-corrected chi connectivity index (χ1v) is 4.05. The van der Waals surface area contributed by atoms with E-state index in [0.29, 0.717) is 5.69 Å². The molecule has 3 heteroatoms. The molecule has 0 amide bonds. The third-order valence-corrected chi connectivity index (χ3v) is 2.74. The number of halogens is 1. The molecule has 0 radical (unpaired) electrons. The second kappa shape index (κ2) is 3.13. The number of hydrogen-bond acceptors (Lipinski definition) is 2. The summed E-state index contributed by atoms with van der Waals surface area (Å²) in [6.07, 6.45) is 0. The zero-order chi connectivity index (χ0) is 8.43. The summed E-state index contributed by atoms with van der Waals surface area (Å²) >= 11 is 3.30. The summed E-state index contributed by atoms with van der Waals surface area (Å²) in [7, 11) is 0. The van der Waals surface area contributed by atoms with Gasteiger partial charge in [0.1, 0.15) is 5.69 Å². The van der Waals surface area contributed by atoms with Crippen LogP contribution < -0.4 is 0 Å². The Balaban J connectivity index is 3.36. The summed E-state index contributed by atoms with van der Waals surface area (Å²) < 4.78 is 0.799. The van der Waals surface area contributed by atoms with Gasteiger partial charge in [0.05, 0.1) is 0 Å². The Morgan fingerprint density at radius 1 is 1.36 bits per heavy atom. The maximum Gasteiger partial charge on any atom is 0.122 e. The number of aryl methyl sites for hydroxylation is 1. The predicted octanol–water partition coefficient (Wildman–Crippen LogP) is 3.46. The Labute approximate surface area is 73.7 Å². The molecule has 0 aliphatic rings. The smallest absolute Gasteiger partial charge is 0.122 e. The first kappa shape index (κ1) is 8.40. The van der Waals surface area contributed by atoms with E-state index in [1.54, 1.807) is 6.07 Å². The van der Waals surface area contributed by atoms with Crippen molar-refractivity contribution in [1.29, 1.82) is 0 Å². The van der Waals surface area contributed by atoms with Crippen LogP contribution in [0.1, 0.15) is 11.1 Å². The van der Waals surface area contributed by atoms with Crippen LogP contribution in [0.15, 0.2) is 21.8 Å². The lowest BCUT2D eigenvalue weighted by Gasteiger charge is -2.02. The Kier molecular flexibility index (Phi) is 2.39. The fourth-order valence-corrected chi connectivity index (χ4v) is 1.36. The van der Waals surface area contributed by atoms with E-state index in [-0.39, 0.29) is 0 Å². The largest absolute Gasteiger partial charge is 0.145 e. The van der Waals surface area contributed by atoms with Gasteiger partial charge in [0.25, 0.3) is 0 Å². The van der Waals surface area contributed by atoms with Crippen LogP contribution in [0.3, 0.4) is 0 Å². The molecular formula is C8H8BrNO. The molecule has 0 saturated carbocycles. The number of benzene rings is 1. The van der Waals surface area contributed by atoms with E-state index in [0.717, 1.165) is 15.6 Å². The van der Waals surface area contributed by atoms with Crippen molar-refractivity contribution in [2.45, 2.75) is 13.8 Å². The molecule has 0 saturated heterocycles. The van der Waals surface area contributed by atoms with E-state index in [9.17, 15) is 4.91 Å². The molecule has 1 aromatic rings. The number of rotatable bonds is 1. The van der Waals surface area contributed by atoms with Gasteiger partial charge < -0.3 is 0 Å². The zero-order valence-electron chi connectivity index (χ0n) is 6.39. The summed E-state index contributed by atoms with van der Waals surface area (Å²) in [4.78, 5) is 10.2. The van der Waals surface area contributed by atoms with E-state index in [4.69, 9.17) is 0 Å². The van der Waals surface area contributed by atoms with Crippen molar-refractivity contribution < 1.29 is 0 Å². The lowest BCUT2D eigenvalue weighted by molar-refractivity contribution is 1.29. The minimum absolute atomic E-state index is 0.466. The van der Waals surface area contributed by atoms with Gasteiger partial charge in [-0.2, -0.15) is 0 Å². The molecule has 0 aliphatic heterocycles. The highest BCUT2D eigenvalue weighted by molar-refractivity contribution is 9.10. The molecule has 0 aliphatic carbocycles. The molecule has 0 atom stereocenters. The van der Waals surface area contributed by atoms with E-state index in [1.165, 1.54) is 0 Å². The molecule has 11 heavy (non-hydrogen) atoms. The van der Waals surface area contributed by atoms with E-state index in [1.807, 2.05) is 19.9 Å². The van der Waals surface area contributed by atoms with Crippen LogP contribution in [0.25, 0.3) is 0 Å². The molecule has 0 fully saturated rings. The minimum Gasteiger partial charge on any atom is -0.145 e. The van der Waals surface area contributed by atoms with E-state index < -0.39 is 0 Å². The van der Waals surface area contributed by atoms with Gasteiger partial charge in [-0.15, -0.1) is 4.91 Å². The number of nitroso groups, excluding NO2 is 1. The fourth-order valence-electron chi connectivity index (χ4n) is 0.838. The van der Waals surface area contributed by atoms with Crippen molar-refractivity contribution in [2.75, 3.05) is 0 Å². The van der Waals surface area contributed by atoms with E-state index >= 15 is 0 Å². The van der Waals surface area contributed by atoms with Crippen molar-refractivity contribution >= 4 is 21.6 Å². The second-order valence-electron chi connectivity index (χ2n) is 2.43. The quantitative estimate of drug-likeness (QED) is 0.658. The molecule has 58 valence electrons. The van der Waals surface area contributed by atoms with Gasteiger partial charge >= 0.3 is 0 Å². The Bertz CT molecular complexity index is 296. The third kappa shape index (κ3) is 1.48. The minimum atomic E-state index is 0.466. The highest BCUT2D eigenvalue weighted by Crippen LogP contribution is 2.29. The van der Waals surface area contributed by atoms with Crippen LogP contribution in [0.2, 0.25) is 0 Å². The van der Waals surface area contributed by atoms with Gasteiger partial charge in [0.2, 0.25) is 0 Å². The van der Waals surface area contributed by atoms with Crippen LogP contribution in [0, 0.1) is 18.8 Å². The standard InChI is InChI=1S/C8H8BrNO/c1-5-3-4-7(10-11)8(9)6(5)2/h3-4H,1-2H3. The lowest BCUT2D eigenvalue weighted by atomic mass is 10.1. The molecule has 0 N–H and O–H groups in total. The molecule has 2 nitrogen and oxygen atoms in total. The molecule has 0 heterocycles. The molecule has 0 unspecified atom stereocenters. The van der Waals surface area contributed by atoms with Crippen molar-refractivity contribution in [3.8, 4) is 0 Å². The number of nitrogens with zero attached hydrogens (tertiary/aromatic N) is 1. The molecule has 0 spiro atoms. The highest BCUT2D eigenvalue weighted by Gasteiger charge is 2.03. The van der Waals surface area contributed by atoms with Crippen molar-refractivity contribution in [2.24, 2.45) is 5.18 Å². The summed E-state index contributed by atoms with van der Waals surface area (Å²) in [5.41, 5.74) is 2.69. The summed E-state index contributed by atoms with van der Waals surface area (Å²) in [5, 5.41) is 2.88. The Morgan fingerprint density at radius 2 is 2.00 bits per heavy atom. The fraction of sp³-hybridized carbons (Fsp3) is 0.250. The Morgan fingerprint density at radius 3 is 2.55 bits per heavy atom. The molecule has 1 rings (SSSR count). The molecule has 0 bridgehead atoms. The van der Waals surface area contributed by atoms with Gasteiger partial charge in [0, 0.05) is 4.47 Å². The Hall–Kier alpha value is -0.700. The van der Waals surface area contributed by atoms with Crippen molar-refractivity contribution in [1.82, 2.24) is 0 Å². The maximum absolute atomic E-state index is 10.2. The highest BCUT2D eigenvalue weighted by atomic mass is 79.9. The number of hydrogen-bond donors (Lipinski definition) is 0. The van der Waals surface area contributed by atoms with Crippen LogP contribution in [0.4, 0.5) is 5.69 Å². The van der Waals surface area contributed by atoms with Crippen LogP contribution in [-0.2, 0) is 0 Å². The van der Waals surface area contributed by atoms with Gasteiger partial charge in [0.15, 0.2) is 0 Å². The van der Waals surface area contributed by atoms with E-state index in [2.05, 4.69) is 21.1 Å². The van der Waals surface area contributed by atoms with Crippen LogP contribution >= 0.6 is 15.9 Å². The molecule has 0 aromatic heterocycles. The van der Waals surface area contributed by atoms with Gasteiger partial charge in [-0.25, -0.2) is 0 Å². The maximum atomic E-state index is 10.2. The lowest BCUT2D eigenvalue weighted by Crippen LogP contribution is -1.81. The topological polar surface area (TPSA) is 29.4 Å². The van der Waals surface area contributed by atoms with Crippen LogP contribution in [-0.4, -0.2) is 0 Å².